The number of hydrogen-bond donors (Lipinski definition) is 2. The van der Waals surface area contributed by atoms with Gasteiger partial charge < -0.3 is 14.8 Å². The van der Waals surface area contributed by atoms with Crippen molar-refractivity contribution in [2.24, 2.45) is 0 Å². The molecular formula is C13H17N3O3. The van der Waals surface area contributed by atoms with Gasteiger partial charge in [0.15, 0.2) is 0 Å². The van der Waals surface area contributed by atoms with Gasteiger partial charge >= 0.3 is 5.97 Å². The van der Waals surface area contributed by atoms with Crippen LogP contribution >= 0.6 is 0 Å². The van der Waals surface area contributed by atoms with E-state index < -0.39 is 5.97 Å². The lowest BCUT2D eigenvalue weighted by Gasteiger charge is -2.19. The zero-order chi connectivity index (χ0) is 13.7. The second kappa shape index (κ2) is 6.31. The van der Waals surface area contributed by atoms with E-state index in [4.69, 9.17) is 9.84 Å². The van der Waals surface area contributed by atoms with Crippen molar-refractivity contribution in [1.82, 2.24) is 14.9 Å². The molecule has 0 aliphatic rings. The minimum atomic E-state index is -0.839. The third-order valence-corrected chi connectivity index (χ3v) is 2.90. The Hall–Kier alpha value is -1.92. The Kier molecular flexibility index (Phi) is 4.48. The summed E-state index contributed by atoms with van der Waals surface area (Å²) in [5.74, 6) is -0.839. The third kappa shape index (κ3) is 3.52. The molecule has 0 aliphatic carbocycles. The fourth-order valence-corrected chi connectivity index (χ4v) is 2.01. The summed E-state index contributed by atoms with van der Waals surface area (Å²) < 4.78 is 5.01. The standard InChI is InChI=1S/C13H17N3O3/c1-19-6-5-16(9-12(17)18)8-10-7-15-13-11(10)3-2-4-14-13/h2-4,7H,5-6,8-9H2,1H3,(H,14,15)(H,17,18). The summed E-state index contributed by atoms with van der Waals surface area (Å²) in [5.41, 5.74) is 1.86. The van der Waals surface area contributed by atoms with Crippen LogP contribution in [0.25, 0.3) is 11.0 Å². The summed E-state index contributed by atoms with van der Waals surface area (Å²) in [4.78, 5) is 20.0. The molecule has 6 nitrogen and oxygen atoms in total. The van der Waals surface area contributed by atoms with Gasteiger partial charge in [-0.25, -0.2) is 4.98 Å². The number of aromatic nitrogens is 2. The van der Waals surface area contributed by atoms with Crippen LogP contribution in [0.3, 0.4) is 0 Å². The lowest BCUT2D eigenvalue weighted by molar-refractivity contribution is -0.138. The Bertz CT molecular complexity index is 553. The topological polar surface area (TPSA) is 78.5 Å². The van der Waals surface area contributed by atoms with E-state index in [2.05, 4.69) is 9.97 Å². The van der Waals surface area contributed by atoms with E-state index in [1.807, 2.05) is 23.2 Å². The molecule has 0 aliphatic heterocycles. The van der Waals surface area contributed by atoms with E-state index in [0.717, 1.165) is 16.6 Å². The van der Waals surface area contributed by atoms with Crippen molar-refractivity contribution in [2.75, 3.05) is 26.8 Å². The highest BCUT2D eigenvalue weighted by molar-refractivity contribution is 5.79. The highest BCUT2D eigenvalue weighted by Crippen LogP contribution is 2.17. The maximum Gasteiger partial charge on any atom is 0.317 e. The van der Waals surface area contributed by atoms with E-state index >= 15 is 0 Å². The molecule has 102 valence electrons. The molecular weight excluding hydrogens is 246 g/mol. The molecule has 2 rings (SSSR count). The first-order valence-electron chi connectivity index (χ1n) is 6.04. The number of carbonyl (C=O) groups is 1. The van der Waals surface area contributed by atoms with Crippen molar-refractivity contribution in [1.29, 1.82) is 0 Å². The average molecular weight is 263 g/mol. The Morgan fingerprint density at radius 3 is 3.16 bits per heavy atom. The van der Waals surface area contributed by atoms with E-state index in [1.165, 1.54) is 0 Å². The fraction of sp³-hybridized carbons (Fsp3) is 0.385. The number of methoxy groups -OCH3 is 1. The van der Waals surface area contributed by atoms with Crippen molar-refractivity contribution < 1.29 is 14.6 Å². The molecule has 0 atom stereocenters. The Labute approximate surface area is 111 Å². The SMILES string of the molecule is COCCN(CC(=O)O)Cc1c[nH]c2ncccc12. The molecule has 0 saturated heterocycles. The van der Waals surface area contributed by atoms with E-state index in [9.17, 15) is 4.79 Å². The number of carboxylic acid groups (broad SMARTS) is 1. The predicted molar refractivity (Wildman–Crippen MR) is 70.9 cm³/mol. The summed E-state index contributed by atoms with van der Waals surface area (Å²) in [6.45, 7) is 1.64. The highest BCUT2D eigenvalue weighted by atomic mass is 16.5. The summed E-state index contributed by atoms with van der Waals surface area (Å²) >= 11 is 0. The van der Waals surface area contributed by atoms with E-state index in [-0.39, 0.29) is 6.54 Å². The Balaban J connectivity index is 2.13. The summed E-state index contributed by atoms with van der Waals surface area (Å²) in [7, 11) is 1.61. The van der Waals surface area contributed by atoms with E-state index in [0.29, 0.717) is 19.7 Å². The molecule has 0 saturated carbocycles. The zero-order valence-electron chi connectivity index (χ0n) is 10.8. The minimum Gasteiger partial charge on any atom is -0.480 e. The van der Waals surface area contributed by atoms with Crippen molar-refractivity contribution >= 4 is 17.0 Å². The Morgan fingerprint density at radius 1 is 1.58 bits per heavy atom. The molecule has 0 bridgehead atoms. The second-order valence-corrected chi connectivity index (χ2v) is 4.31. The normalized spacial score (nSPS) is 11.3. The fourth-order valence-electron chi connectivity index (χ4n) is 2.01. The molecule has 2 heterocycles. The lowest BCUT2D eigenvalue weighted by Crippen LogP contribution is -2.32. The van der Waals surface area contributed by atoms with Crippen molar-refractivity contribution in [3.8, 4) is 0 Å². The third-order valence-electron chi connectivity index (χ3n) is 2.90. The number of H-pyrrole nitrogens is 1. The molecule has 0 fully saturated rings. The van der Waals surface area contributed by atoms with Crippen molar-refractivity contribution in [2.45, 2.75) is 6.54 Å². The number of ether oxygens (including phenoxy) is 1. The number of rotatable bonds is 7. The van der Waals surface area contributed by atoms with Gasteiger partial charge in [0.05, 0.1) is 13.2 Å². The van der Waals surface area contributed by atoms with Gasteiger partial charge in [0, 0.05) is 38.0 Å². The van der Waals surface area contributed by atoms with Crippen LogP contribution < -0.4 is 0 Å². The predicted octanol–water partition coefficient (Wildman–Crippen LogP) is 1.10. The van der Waals surface area contributed by atoms with Gasteiger partial charge in [-0.15, -0.1) is 0 Å². The highest BCUT2D eigenvalue weighted by Gasteiger charge is 2.12. The minimum absolute atomic E-state index is 0.00368. The number of pyridine rings is 1. The van der Waals surface area contributed by atoms with Gasteiger partial charge in [-0.3, -0.25) is 9.69 Å². The summed E-state index contributed by atoms with van der Waals surface area (Å²) in [6, 6.07) is 3.85. The maximum absolute atomic E-state index is 10.9. The number of nitrogens with one attached hydrogen (secondary N) is 1. The molecule has 2 aromatic rings. The molecule has 2 aromatic heterocycles. The monoisotopic (exact) mass is 263 g/mol. The number of hydrogen-bond acceptors (Lipinski definition) is 4. The first-order valence-corrected chi connectivity index (χ1v) is 6.04. The molecule has 0 unspecified atom stereocenters. The number of carboxylic acids is 1. The molecule has 0 amide bonds. The van der Waals surface area contributed by atoms with Crippen molar-refractivity contribution in [3.05, 3.63) is 30.1 Å². The molecule has 19 heavy (non-hydrogen) atoms. The van der Waals surface area contributed by atoms with Crippen LogP contribution in [0.2, 0.25) is 0 Å². The molecule has 2 N–H and O–H groups in total. The first kappa shape index (κ1) is 13.5. The largest absolute Gasteiger partial charge is 0.480 e. The molecule has 0 aromatic carbocycles. The van der Waals surface area contributed by atoms with Crippen LogP contribution in [0.1, 0.15) is 5.56 Å². The van der Waals surface area contributed by atoms with Crippen LogP contribution in [0, 0.1) is 0 Å². The number of nitrogens with zero attached hydrogens (tertiary/aromatic N) is 2. The van der Waals surface area contributed by atoms with Gasteiger partial charge in [0.25, 0.3) is 0 Å². The van der Waals surface area contributed by atoms with Crippen LogP contribution in [-0.2, 0) is 16.1 Å². The van der Waals surface area contributed by atoms with E-state index in [1.54, 1.807) is 13.3 Å². The quantitative estimate of drug-likeness (QED) is 0.782. The number of aromatic amines is 1. The first-order chi connectivity index (χ1) is 9.20. The van der Waals surface area contributed by atoms with Crippen LogP contribution in [0.5, 0.6) is 0 Å². The summed E-state index contributed by atoms with van der Waals surface area (Å²) in [6.07, 6.45) is 3.60. The maximum atomic E-state index is 10.9. The van der Waals surface area contributed by atoms with Gasteiger partial charge in [0.2, 0.25) is 0 Å². The molecule has 6 heteroatoms. The second-order valence-electron chi connectivity index (χ2n) is 4.31. The van der Waals surface area contributed by atoms with Gasteiger partial charge in [-0.1, -0.05) is 0 Å². The number of fused-ring (bicyclic) bond motifs is 1. The number of aliphatic carboxylic acids is 1. The molecule has 0 radical (unpaired) electrons. The Morgan fingerprint density at radius 2 is 2.42 bits per heavy atom. The van der Waals surface area contributed by atoms with Gasteiger partial charge in [-0.05, 0) is 17.7 Å². The summed E-state index contributed by atoms with van der Waals surface area (Å²) in [5, 5.41) is 9.95. The lowest BCUT2D eigenvalue weighted by atomic mass is 10.2. The van der Waals surface area contributed by atoms with Crippen LogP contribution in [-0.4, -0.2) is 52.7 Å². The van der Waals surface area contributed by atoms with Crippen LogP contribution in [0.15, 0.2) is 24.5 Å². The average Bonchev–Trinajstić information content (AvgIpc) is 2.79. The van der Waals surface area contributed by atoms with Gasteiger partial charge in [-0.2, -0.15) is 0 Å². The zero-order valence-corrected chi connectivity index (χ0v) is 10.8. The van der Waals surface area contributed by atoms with Gasteiger partial charge in [0.1, 0.15) is 5.65 Å². The van der Waals surface area contributed by atoms with Crippen molar-refractivity contribution in [3.63, 3.8) is 0 Å². The smallest absolute Gasteiger partial charge is 0.317 e. The van der Waals surface area contributed by atoms with Crippen LogP contribution in [0.4, 0.5) is 0 Å². The molecule has 0 spiro atoms.